The van der Waals surface area contributed by atoms with E-state index >= 15 is 0 Å². The van der Waals surface area contributed by atoms with Gasteiger partial charge in [0.25, 0.3) is 5.91 Å². The van der Waals surface area contributed by atoms with Crippen molar-refractivity contribution in [3.8, 4) is 5.75 Å². The molecule has 0 radical (unpaired) electrons. The molecule has 1 heterocycles. The maximum Gasteiger partial charge on any atom is 0.387 e. The van der Waals surface area contributed by atoms with Gasteiger partial charge in [0.15, 0.2) is 6.10 Å². The van der Waals surface area contributed by atoms with Crippen LogP contribution >= 0.6 is 0 Å². The van der Waals surface area contributed by atoms with Gasteiger partial charge >= 0.3 is 12.6 Å². The fourth-order valence-corrected chi connectivity index (χ4v) is 3.13. The number of hydrogen-bond acceptors (Lipinski definition) is 4. The molecular weight excluding hydrogens is 380 g/mol. The van der Waals surface area contributed by atoms with Crippen LogP contribution in [0.1, 0.15) is 23.6 Å². The predicted octanol–water partition coefficient (Wildman–Crippen LogP) is 3.82. The Kier molecular flexibility index (Phi) is 6.59. The summed E-state index contributed by atoms with van der Waals surface area (Å²) < 4.78 is 33.8. The number of alkyl halides is 2. The number of amides is 1. The highest BCUT2D eigenvalue weighted by Crippen LogP contribution is 2.20. The summed E-state index contributed by atoms with van der Waals surface area (Å²) in [4.78, 5) is 26.3. The number of esters is 1. The standard InChI is InChI=1S/C22H21F2NO4/c1-15(21(27)25-13-12-17-4-2-3-5-18(17)14-25)28-20(26)11-8-16-6-9-19(10-7-16)29-22(23)24/h2-11,15,22H,12-14H2,1H3/b11-8+/t15-/m0/s1. The number of hydrogen-bond donors (Lipinski definition) is 0. The largest absolute Gasteiger partial charge is 0.449 e. The smallest absolute Gasteiger partial charge is 0.387 e. The second-order valence-electron chi connectivity index (χ2n) is 6.64. The normalized spacial score (nSPS) is 14.6. The topological polar surface area (TPSA) is 55.8 Å². The molecule has 0 aromatic heterocycles. The molecule has 152 valence electrons. The minimum atomic E-state index is -2.89. The molecule has 0 aliphatic carbocycles. The van der Waals surface area contributed by atoms with Gasteiger partial charge in [-0.3, -0.25) is 4.79 Å². The molecule has 1 atom stereocenters. The molecule has 2 aromatic rings. The van der Waals surface area contributed by atoms with Crippen molar-refractivity contribution in [2.24, 2.45) is 0 Å². The number of rotatable bonds is 6. The molecule has 0 spiro atoms. The molecule has 0 bridgehead atoms. The Morgan fingerprint density at radius 1 is 1.07 bits per heavy atom. The van der Waals surface area contributed by atoms with Crippen molar-refractivity contribution in [1.82, 2.24) is 4.90 Å². The first-order valence-electron chi connectivity index (χ1n) is 9.21. The molecule has 0 saturated heterocycles. The van der Waals surface area contributed by atoms with Crippen LogP contribution in [0.2, 0.25) is 0 Å². The van der Waals surface area contributed by atoms with Crippen molar-refractivity contribution >= 4 is 18.0 Å². The Balaban J connectivity index is 1.52. The number of ether oxygens (including phenoxy) is 2. The minimum absolute atomic E-state index is 0.0297. The zero-order valence-electron chi connectivity index (χ0n) is 15.9. The number of benzene rings is 2. The van der Waals surface area contributed by atoms with Crippen LogP contribution in [0.3, 0.4) is 0 Å². The lowest BCUT2D eigenvalue weighted by Crippen LogP contribution is -2.42. The number of carbonyl (C=O) groups excluding carboxylic acids is 2. The highest BCUT2D eigenvalue weighted by molar-refractivity contribution is 5.90. The lowest BCUT2D eigenvalue weighted by molar-refractivity contribution is -0.155. The summed E-state index contributed by atoms with van der Waals surface area (Å²) in [5, 5.41) is 0. The molecule has 7 heteroatoms. The van der Waals surface area contributed by atoms with Crippen molar-refractivity contribution in [3.05, 3.63) is 71.3 Å². The first kappa shape index (κ1) is 20.5. The zero-order valence-corrected chi connectivity index (χ0v) is 15.9. The summed E-state index contributed by atoms with van der Waals surface area (Å²) in [6.07, 6.45) is 2.54. The van der Waals surface area contributed by atoms with E-state index in [2.05, 4.69) is 10.8 Å². The molecule has 2 aromatic carbocycles. The maximum absolute atomic E-state index is 12.6. The van der Waals surface area contributed by atoms with E-state index < -0.39 is 18.7 Å². The van der Waals surface area contributed by atoms with E-state index in [4.69, 9.17) is 4.74 Å². The second kappa shape index (κ2) is 9.32. The molecule has 5 nitrogen and oxygen atoms in total. The second-order valence-corrected chi connectivity index (χ2v) is 6.64. The molecule has 1 amide bonds. The first-order valence-corrected chi connectivity index (χ1v) is 9.21. The van der Waals surface area contributed by atoms with Gasteiger partial charge in [0, 0.05) is 19.2 Å². The molecule has 3 rings (SSSR count). The van der Waals surface area contributed by atoms with Crippen molar-refractivity contribution in [2.75, 3.05) is 6.54 Å². The Bertz CT molecular complexity index is 896. The van der Waals surface area contributed by atoms with Crippen molar-refractivity contribution in [3.63, 3.8) is 0 Å². The van der Waals surface area contributed by atoms with Crippen LogP contribution in [0.5, 0.6) is 5.75 Å². The van der Waals surface area contributed by atoms with Crippen molar-refractivity contribution in [1.29, 1.82) is 0 Å². The fourth-order valence-electron chi connectivity index (χ4n) is 3.13. The fraction of sp³-hybridized carbons (Fsp3) is 0.273. The summed E-state index contributed by atoms with van der Waals surface area (Å²) in [5.41, 5.74) is 2.94. The summed E-state index contributed by atoms with van der Waals surface area (Å²) in [7, 11) is 0. The Hall–Kier alpha value is -3.22. The SMILES string of the molecule is C[C@H](OC(=O)/C=C/c1ccc(OC(F)F)cc1)C(=O)N1CCc2ccccc2C1. The molecule has 0 N–H and O–H groups in total. The van der Waals surface area contributed by atoms with Gasteiger partial charge in [-0.1, -0.05) is 36.4 Å². The number of halogens is 2. The number of nitrogens with zero attached hydrogens (tertiary/aromatic N) is 1. The van der Waals surface area contributed by atoms with Gasteiger partial charge in [-0.25, -0.2) is 4.79 Å². The van der Waals surface area contributed by atoms with Gasteiger partial charge in [0.05, 0.1) is 0 Å². The summed E-state index contributed by atoms with van der Waals surface area (Å²) >= 11 is 0. The molecule has 0 unspecified atom stereocenters. The van der Waals surface area contributed by atoms with Crippen LogP contribution in [-0.4, -0.2) is 36.0 Å². The van der Waals surface area contributed by atoms with Crippen LogP contribution in [0.25, 0.3) is 6.08 Å². The lowest BCUT2D eigenvalue weighted by atomic mass is 9.99. The van der Waals surface area contributed by atoms with Gasteiger partial charge in [-0.05, 0) is 48.2 Å². The predicted molar refractivity (Wildman–Crippen MR) is 103 cm³/mol. The third-order valence-corrected chi connectivity index (χ3v) is 4.60. The number of carbonyl (C=O) groups is 2. The van der Waals surface area contributed by atoms with E-state index in [1.165, 1.54) is 42.0 Å². The Labute approximate surface area is 167 Å². The van der Waals surface area contributed by atoms with Gasteiger partial charge in [-0.15, -0.1) is 0 Å². The van der Waals surface area contributed by atoms with E-state index in [1.807, 2.05) is 18.2 Å². The minimum Gasteiger partial charge on any atom is -0.449 e. The van der Waals surface area contributed by atoms with Gasteiger partial charge in [-0.2, -0.15) is 8.78 Å². The van der Waals surface area contributed by atoms with Crippen LogP contribution in [0.15, 0.2) is 54.6 Å². The van der Waals surface area contributed by atoms with Crippen molar-refractivity contribution < 1.29 is 27.8 Å². The van der Waals surface area contributed by atoms with Gasteiger partial charge in [0.1, 0.15) is 5.75 Å². The van der Waals surface area contributed by atoms with Crippen LogP contribution in [0, 0.1) is 0 Å². The van der Waals surface area contributed by atoms with E-state index in [9.17, 15) is 18.4 Å². The van der Waals surface area contributed by atoms with Crippen LogP contribution < -0.4 is 4.74 Å². The van der Waals surface area contributed by atoms with E-state index in [0.717, 1.165) is 12.0 Å². The Morgan fingerprint density at radius 3 is 2.45 bits per heavy atom. The molecule has 1 aliphatic rings. The zero-order chi connectivity index (χ0) is 20.8. The third-order valence-electron chi connectivity index (χ3n) is 4.60. The van der Waals surface area contributed by atoms with E-state index in [0.29, 0.717) is 18.7 Å². The quantitative estimate of drug-likeness (QED) is 0.546. The van der Waals surface area contributed by atoms with Crippen LogP contribution in [-0.2, 0) is 27.3 Å². The highest BCUT2D eigenvalue weighted by Gasteiger charge is 2.26. The average Bonchev–Trinajstić information content (AvgIpc) is 2.72. The maximum atomic E-state index is 12.6. The summed E-state index contributed by atoms with van der Waals surface area (Å²) in [6.45, 7) is -0.260. The number of fused-ring (bicyclic) bond motifs is 1. The molecule has 29 heavy (non-hydrogen) atoms. The lowest BCUT2D eigenvalue weighted by Gasteiger charge is -2.30. The average molecular weight is 401 g/mol. The molecule has 0 saturated carbocycles. The Morgan fingerprint density at radius 2 is 1.76 bits per heavy atom. The summed E-state index contributed by atoms with van der Waals surface area (Å²) in [6, 6.07) is 13.8. The summed E-state index contributed by atoms with van der Waals surface area (Å²) in [5.74, 6) is -0.868. The van der Waals surface area contributed by atoms with Gasteiger partial charge < -0.3 is 14.4 Å². The van der Waals surface area contributed by atoms with Gasteiger partial charge in [0.2, 0.25) is 0 Å². The highest BCUT2D eigenvalue weighted by atomic mass is 19.3. The van der Waals surface area contributed by atoms with Crippen molar-refractivity contribution in [2.45, 2.75) is 32.6 Å². The van der Waals surface area contributed by atoms with E-state index in [1.54, 1.807) is 11.8 Å². The molecule has 1 aliphatic heterocycles. The third kappa shape index (κ3) is 5.63. The monoisotopic (exact) mass is 401 g/mol. The molecular formula is C22H21F2NO4. The van der Waals surface area contributed by atoms with Crippen LogP contribution in [0.4, 0.5) is 8.78 Å². The van der Waals surface area contributed by atoms with E-state index in [-0.39, 0.29) is 11.7 Å². The molecule has 0 fully saturated rings. The first-order chi connectivity index (χ1) is 13.9.